The number of rotatable bonds is 4. The molecule has 0 spiro atoms. The lowest BCUT2D eigenvalue weighted by Gasteiger charge is -2.05. The Morgan fingerprint density at radius 2 is 1.93 bits per heavy atom. The molecule has 0 fully saturated rings. The molecule has 1 rings (SSSR count). The maximum absolute atomic E-state index is 11.7. The Morgan fingerprint density at radius 3 is 2.36 bits per heavy atom. The van der Waals surface area contributed by atoms with Gasteiger partial charge in [0.15, 0.2) is 0 Å². The smallest absolute Gasteiger partial charge is 0.272 e. The summed E-state index contributed by atoms with van der Waals surface area (Å²) >= 11 is 0. The summed E-state index contributed by atoms with van der Waals surface area (Å²) in [5.41, 5.74) is 5.74. The number of nitrogens with two attached hydrogens (primary N) is 1. The standard InChI is InChI=1S/C9H10F2N2O/c10-8(11)5-14-7-3-1-6(2-4-7)9(12)13/h1-4,8H,5H2,(H3,12,13). The Hall–Kier alpha value is -1.65. The predicted octanol–water partition coefficient (Wildman–Crippen LogP) is 1.61. The molecule has 1 aromatic rings. The van der Waals surface area contributed by atoms with Crippen LogP contribution in [0.25, 0.3) is 0 Å². The highest BCUT2D eigenvalue weighted by molar-refractivity contribution is 5.94. The van der Waals surface area contributed by atoms with Crippen LogP contribution in [0.1, 0.15) is 5.56 Å². The summed E-state index contributed by atoms with van der Waals surface area (Å²) in [5, 5.41) is 7.09. The first-order valence-electron chi connectivity index (χ1n) is 3.95. The van der Waals surface area contributed by atoms with Gasteiger partial charge in [0, 0.05) is 5.56 Å². The van der Waals surface area contributed by atoms with Crippen molar-refractivity contribution in [2.45, 2.75) is 6.43 Å². The van der Waals surface area contributed by atoms with Crippen LogP contribution in [-0.4, -0.2) is 18.9 Å². The number of hydrogen-bond donors (Lipinski definition) is 2. The van der Waals surface area contributed by atoms with Gasteiger partial charge in [-0.05, 0) is 24.3 Å². The second-order valence-electron chi connectivity index (χ2n) is 2.64. The molecule has 0 bridgehead atoms. The van der Waals surface area contributed by atoms with E-state index in [4.69, 9.17) is 15.9 Å². The summed E-state index contributed by atoms with van der Waals surface area (Å²) in [5.74, 6) is 0.278. The van der Waals surface area contributed by atoms with E-state index >= 15 is 0 Å². The molecule has 1 aromatic carbocycles. The molecule has 3 nitrogen and oxygen atoms in total. The molecule has 14 heavy (non-hydrogen) atoms. The number of amidine groups is 1. The maximum Gasteiger partial charge on any atom is 0.272 e. The van der Waals surface area contributed by atoms with Crippen molar-refractivity contribution in [3.05, 3.63) is 29.8 Å². The van der Waals surface area contributed by atoms with E-state index in [2.05, 4.69) is 0 Å². The summed E-state index contributed by atoms with van der Waals surface area (Å²) in [6.45, 7) is -0.626. The Balaban J connectivity index is 2.60. The lowest BCUT2D eigenvalue weighted by atomic mass is 10.2. The van der Waals surface area contributed by atoms with Crippen LogP contribution in [0.15, 0.2) is 24.3 Å². The fourth-order valence-electron chi connectivity index (χ4n) is 0.890. The Morgan fingerprint density at radius 1 is 1.36 bits per heavy atom. The van der Waals surface area contributed by atoms with Gasteiger partial charge < -0.3 is 10.5 Å². The third kappa shape index (κ3) is 3.01. The SMILES string of the molecule is N=C(N)c1ccc(OCC(F)F)cc1. The van der Waals surface area contributed by atoms with Gasteiger partial charge in [0.1, 0.15) is 18.2 Å². The van der Waals surface area contributed by atoms with Gasteiger partial charge in [0.05, 0.1) is 0 Å². The number of nitrogens with one attached hydrogen (secondary N) is 1. The van der Waals surface area contributed by atoms with E-state index in [1.807, 2.05) is 0 Å². The van der Waals surface area contributed by atoms with E-state index in [1.54, 1.807) is 12.1 Å². The first kappa shape index (κ1) is 10.4. The van der Waals surface area contributed by atoms with E-state index in [0.29, 0.717) is 11.3 Å². The van der Waals surface area contributed by atoms with Gasteiger partial charge in [-0.25, -0.2) is 8.78 Å². The highest BCUT2D eigenvalue weighted by atomic mass is 19.3. The molecular weight excluding hydrogens is 190 g/mol. The molecule has 76 valence electrons. The molecule has 0 saturated heterocycles. The number of halogens is 2. The number of hydrogen-bond acceptors (Lipinski definition) is 2. The monoisotopic (exact) mass is 200 g/mol. The normalized spacial score (nSPS) is 10.2. The van der Waals surface area contributed by atoms with Crippen molar-refractivity contribution in [2.24, 2.45) is 5.73 Å². The minimum absolute atomic E-state index is 0.0644. The lowest BCUT2D eigenvalue weighted by Crippen LogP contribution is -2.11. The average Bonchev–Trinajstić information content (AvgIpc) is 2.15. The topological polar surface area (TPSA) is 59.1 Å². The maximum atomic E-state index is 11.7. The summed E-state index contributed by atoms with van der Waals surface area (Å²) in [6, 6.07) is 6.09. The van der Waals surface area contributed by atoms with Crippen LogP contribution in [-0.2, 0) is 0 Å². The van der Waals surface area contributed by atoms with Crippen LogP contribution in [0.3, 0.4) is 0 Å². The quantitative estimate of drug-likeness (QED) is 0.573. The van der Waals surface area contributed by atoms with Crippen LogP contribution in [0, 0.1) is 5.41 Å². The second-order valence-corrected chi connectivity index (χ2v) is 2.64. The van der Waals surface area contributed by atoms with Crippen LogP contribution >= 0.6 is 0 Å². The molecule has 0 saturated carbocycles. The van der Waals surface area contributed by atoms with E-state index in [0.717, 1.165) is 0 Å². The van der Waals surface area contributed by atoms with E-state index in [1.165, 1.54) is 12.1 Å². The highest BCUT2D eigenvalue weighted by Crippen LogP contribution is 2.12. The molecule has 0 radical (unpaired) electrons. The molecular formula is C9H10F2N2O. The van der Waals surface area contributed by atoms with Crippen molar-refractivity contribution >= 4 is 5.84 Å². The molecule has 5 heteroatoms. The molecule has 0 amide bonds. The molecule has 0 heterocycles. The van der Waals surface area contributed by atoms with Gasteiger partial charge in [-0.1, -0.05) is 0 Å². The second kappa shape index (κ2) is 4.55. The number of ether oxygens (including phenoxy) is 1. The van der Waals surface area contributed by atoms with Gasteiger partial charge >= 0.3 is 0 Å². The highest BCUT2D eigenvalue weighted by Gasteiger charge is 2.03. The van der Waals surface area contributed by atoms with Gasteiger partial charge in [0.25, 0.3) is 6.43 Å². The van der Waals surface area contributed by atoms with Crippen molar-refractivity contribution in [1.82, 2.24) is 0 Å². The first-order chi connectivity index (χ1) is 6.59. The van der Waals surface area contributed by atoms with Gasteiger partial charge in [-0.15, -0.1) is 0 Å². The van der Waals surface area contributed by atoms with Crippen molar-refractivity contribution in [2.75, 3.05) is 6.61 Å². The lowest BCUT2D eigenvalue weighted by molar-refractivity contribution is 0.0819. The van der Waals surface area contributed by atoms with E-state index in [9.17, 15) is 8.78 Å². The van der Waals surface area contributed by atoms with Crippen molar-refractivity contribution < 1.29 is 13.5 Å². The molecule has 0 aliphatic heterocycles. The molecule has 0 unspecified atom stereocenters. The third-order valence-corrected chi connectivity index (χ3v) is 1.54. The summed E-state index contributed by atoms with van der Waals surface area (Å²) < 4.78 is 28.2. The minimum atomic E-state index is -2.48. The van der Waals surface area contributed by atoms with Crippen LogP contribution in [0.4, 0.5) is 8.78 Å². The van der Waals surface area contributed by atoms with Gasteiger partial charge in [0.2, 0.25) is 0 Å². The Labute approximate surface area is 80.0 Å². The minimum Gasteiger partial charge on any atom is -0.488 e. The molecule has 0 aliphatic rings. The van der Waals surface area contributed by atoms with Crippen molar-refractivity contribution in [1.29, 1.82) is 5.41 Å². The van der Waals surface area contributed by atoms with E-state index < -0.39 is 13.0 Å². The molecule has 3 N–H and O–H groups in total. The summed E-state index contributed by atoms with van der Waals surface area (Å²) in [7, 11) is 0. The fraction of sp³-hybridized carbons (Fsp3) is 0.222. The van der Waals surface area contributed by atoms with Crippen LogP contribution in [0.5, 0.6) is 5.75 Å². The zero-order valence-corrected chi connectivity index (χ0v) is 7.34. The molecule has 0 atom stereocenters. The number of benzene rings is 1. The Kier molecular flexibility index (Phi) is 3.39. The predicted molar refractivity (Wildman–Crippen MR) is 49.0 cm³/mol. The van der Waals surface area contributed by atoms with Crippen molar-refractivity contribution in [3.63, 3.8) is 0 Å². The zero-order valence-electron chi connectivity index (χ0n) is 7.34. The van der Waals surface area contributed by atoms with Crippen LogP contribution in [0.2, 0.25) is 0 Å². The molecule has 0 aliphatic carbocycles. The van der Waals surface area contributed by atoms with Gasteiger partial charge in [-0.3, -0.25) is 5.41 Å². The first-order valence-corrected chi connectivity index (χ1v) is 3.95. The average molecular weight is 200 g/mol. The third-order valence-electron chi connectivity index (χ3n) is 1.54. The van der Waals surface area contributed by atoms with Gasteiger partial charge in [-0.2, -0.15) is 0 Å². The number of nitrogen functional groups attached to an aromatic ring is 1. The summed E-state index contributed by atoms with van der Waals surface area (Å²) in [4.78, 5) is 0. The number of alkyl halides is 2. The fourth-order valence-corrected chi connectivity index (χ4v) is 0.890. The Bertz CT molecular complexity index is 311. The van der Waals surface area contributed by atoms with E-state index in [-0.39, 0.29) is 5.84 Å². The molecule has 0 aromatic heterocycles. The largest absolute Gasteiger partial charge is 0.488 e. The van der Waals surface area contributed by atoms with Crippen molar-refractivity contribution in [3.8, 4) is 5.75 Å². The zero-order chi connectivity index (χ0) is 10.6. The summed E-state index contributed by atoms with van der Waals surface area (Å²) in [6.07, 6.45) is -2.48. The van der Waals surface area contributed by atoms with Crippen LogP contribution < -0.4 is 10.5 Å².